The number of nitrogens with one attached hydrogen (secondary N) is 3. The number of pyridine rings is 1. The number of carbonyl (C=O) groups excluding carboxylic acids is 1. The van der Waals surface area contributed by atoms with Crippen molar-refractivity contribution in [2.45, 2.75) is 57.2 Å². The topological polar surface area (TPSA) is 135 Å². The molecule has 0 aromatic carbocycles. The minimum Gasteiger partial charge on any atom is -0.391 e. The minimum atomic E-state index is -0.511. The number of methoxy groups -OCH3 is 1. The molecule has 35 heavy (non-hydrogen) atoms. The number of aliphatic hydroxyl groups excluding tert-OH is 1. The highest BCUT2D eigenvalue weighted by Gasteiger charge is 2.31. The number of hydrogen-bond donors (Lipinski definition) is 4. The second-order valence-corrected chi connectivity index (χ2v) is 8.76. The molecule has 4 rings (SSSR count). The summed E-state index contributed by atoms with van der Waals surface area (Å²) in [5, 5.41) is 23.6. The number of hydrogen-bond acceptors (Lipinski definition) is 8. The second kappa shape index (κ2) is 10.9. The van der Waals surface area contributed by atoms with Crippen molar-refractivity contribution < 1.29 is 14.6 Å². The smallest absolute Gasteiger partial charge is 0.274 e. The summed E-state index contributed by atoms with van der Waals surface area (Å²) in [5.74, 6) is 0.749. The Morgan fingerprint density at radius 1 is 1.37 bits per heavy atom. The van der Waals surface area contributed by atoms with E-state index in [9.17, 15) is 14.7 Å². The average Bonchev–Trinajstić information content (AvgIpc) is 3.28. The van der Waals surface area contributed by atoms with E-state index in [4.69, 9.17) is 4.74 Å². The van der Waals surface area contributed by atoms with Crippen molar-refractivity contribution >= 4 is 28.9 Å². The van der Waals surface area contributed by atoms with Crippen LogP contribution in [0.2, 0.25) is 0 Å². The van der Waals surface area contributed by atoms with Gasteiger partial charge in [0.15, 0.2) is 5.65 Å². The summed E-state index contributed by atoms with van der Waals surface area (Å²) in [6, 6.07) is 4.95. The summed E-state index contributed by atoms with van der Waals surface area (Å²) in [6.45, 7) is 2.68. The highest BCUT2D eigenvalue weighted by molar-refractivity contribution is 6.00. The van der Waals surface area contributed by atoms with Crippen LogP contribution in [-0.4, -0.2) is 63.1 Å². The molecule has 4 N–H and O–H groups in total. The molecule has 1 aliphatic rings. The summed E-state index contributed by atoms with van der Waals surface area (Å²) in [7, 11) is 3.41. The number of nitrogens with zero attached hydrogens (tertiary/aromatic N) is 4. The van der Waals surface area contributed by atoms with Crippen molar-refractivity contribution in [3.8, 4) is 0 Å². The minimum absolute atomic E-state index is 0.0160. The van der Waals surface area contributed by atoms with Crippen molar-refractivity contribution in [2.75, 3.05) is 31.4 Å². The lowest BCUT2D eigenvalue weighted by molar-refractivity contribution is 0.0300. The van der Waals surface area contributed by atoms with Crippen LogP contribution in [0.5, 0.6) is 0 Å². The van der Waals surface area contributed by atoms with Crippen molar-refractivity contribution in [1.82, 2.24) is 24.5 Å². The van der Waals surface area contributed by atoms with Gasteiger partial charge in [-0.2, -0.15) is 9.61 Å². The second-order valence-electron chi connectivity index (χ2n) is 8.76. The highest BCUT2D eigenvalue weighted by Crippen LogP contribution is 2.31. The predicted molar refractivity (Wildman–Crippen MR) is 133 cm³/mol. The van der Waals surface area contributed by atoms with Crippen LogP contribution >= 0.6 is 0 Å². The Balaban J connectivity index is 1.61. The zero-order valence-electron chi connectivity index (χ0n) is 20.3. The van der Waals surface area contributed by atoms with Gasteiger partial charge in [0, 0.05) is 39.1 Å². The van der Waals surface area contributed by atoms with Gasteiger partial charge in [-0.25, -0.2) is 4.98 Å². The third-order valence-corrected chi connectivity index (χ3v) is 6.50. The predicted octanol–water partition coefficient (Wildman–Crippen LogP) is 2.31. The standard InChI is InChI=1S/C24H33N7O4/c1-4-15(7-6-12-35-3)27-23(33)16-14-26-31-21(25-2)13-20(29-22(16)31)28-17-8-5-11-30(24(17)34)18-9-10-19(18)32/h5,8,11,13-15,18-19,25,32H,4,6-7,9-10,12H2,1-3H3,(H,27,33)(H,28,29)/t15?,18-,19+/m0/s1. The first-order chi connectivity index (χ1) is 17.0. The van der Waals surface area contributed by atoms with Gasteiger partial charge in [0.05, 0.1) is 18.3 Å². The fraction of sp³-hybridized carbons (Fsp3) is 0.500. The van der Waals surface area contributed by atoms with Crippen LogP contribution in [0.1, 0.15) is 55.4 Å². The van der Waals surface area contributed by atoms with Gasteiger partial charge in [0.25, 0.3) is 11.5 Å². The molecule has 1 unspecified atom stereocenters. The number of carbonyl (C=O) groups is 1. The molecular weight excluding hydrogens is 450 g/mol. The Bertz CT molecular complexity index is 1240. The SMILES string of the molecule is CCC(CCCOC)NC(=O)c1cnn2c(NC)cc(Nc3cccn([C@H]4CC[C@H]4O)c3=O)nc12. The molecule has 0 bridgehead atoms. The van der Waals surface area contributed by atoms with E-state index < -0.39 is 6.10 Å². The molecule has 11 nitrogen and oxygen atoms in total. The van der Waals surface area contributed by atoms with Crippen molar-refractivity contribution in [3.05, 3.63) is 46.5 Å². The first-order valence-electron chi connectivity index (χ1n) is 12.0. The van der Waals surface area contributed by atoms with E-state index in [0.29, 0.717) is 41.6 Å². The van der Waals surface area contributed by atoms with E-state index in [1.165, 1.54) is 6.20 Å². The van der Waals surface area contributed by atoms with Crippen molar-refractivity contribution in [3.63, 3.8) is 0 Å². The molecule has 1 fully saturated rings. The van der Waals surface area contributed by atoms with Gasteiger partial charge in [-0.05, 0) is 44.2 Å². The van der Waals surface area contributed by atoms with Crippen LogP contribution < -0.4 is 21.5 Å². The quantitative estimate of drug-likeness (QED) is 0.305. The summed E-state index contributed by atoms with van der Waals surface area (Å²) < 4.78 is 8.23. The van der Waals surface area contributed by atoms with Crippen molar-refractivity contribution in [1.29, 1.82) is 0 Å². The molecule has 3 atom stereocenters. The summed E-state index contributed by atoms with van der Waals surface area (Å²) >= 11 is 0. The molecule has 0 radical (unpaired) electrons. The Labute approximate surface area is 203 Å². The highest BCUT2D eigenvalue weighted by atomic mass is 16.5. The molecule has 3 heterocycles. The number of rotatable bonds is 11. The number of aliphatic hydroxyl groups is 1. The van der Waals surface area contributed by atoms with E-state index in [0.717, 1.165) is 25.7 Å². The molecule has 3 aromatic rings. The molecule has 0 spiro atoms. The first kappa shape index (κ1) is 24.7. The Morgan fingerprint density at radius 3 is 2.86 bits per heavy atom. The molecule has 1 aliphatic carbocycles. The summed E-state index contributed by atoms with van der Waals surface area (Å²) in [5.41, 5.74) is 0.810. The van der Waals surface area contributed by atoms with Gasteiger partial charge in [-0.3, -0.25) is 9.59 Å². The molecular formula is C24H33N7O4. The van der Waals surface area contributed by atoms with E-state index in [-0.39, 0.29) is 23.6 Å². The molecule has 0 saturated heterocycles. The monoisotopic (exact) mass is 483 g/mol. The third-order valence-electron chi connectivity index (χ3n) is 6.50. The van der Waals surface area contributed by atoms with Gasteiger partial charge in [0.2, 0.25) is 0 Å². The fourth-order valence-corrected chi connectivity index (χ4v) is 4.27. The number of aromatic nitrogens is 4. The molecule has 188 valence electrons. The van der Waals surface area contributed by atoms with Crippen LogP contribution in [0.4, 0.5) is 17.3 Å². The van der Waals surface area contributed by atoms with Gasteiger partial charge in [-0.15, -0.1) is 0 Å². The number of anilines is 3. The van der Waals surface area contributed by atoms with Crippen LogP contribution in [0.3, 0.4) is 0 Å². The Morgan fingerprint density at radius 2 is 2.20 bits per heavy atom. The summed E-state index contributed by atoms with van der Waals surface area (Å²) in [4.78, 5) is 30.7. The van der Waals surface area contributed by atoms with Crippen LogP contribution in [-0.2, 0) is 4.74 Å². The van der Waals surface area contributed by atoms with E-state index >= 15 is 0 Å². The first-order valence-corrected chi connectivity index (χ1v) is 12.0. The van der Waals surface area contributed by atoms with E-state index in [1.807, 2.05) is 6.92 Å². The molecule has 11 heteroatoms. The van der Waals surface area contributed by atoms with Gasteiger partial charge in [-0.1, -0.05) is 6.92 Å². The van der Waals surface area contributed by atoms with Gasteiger partial charge < -0.3 is 30.4 Å². The fourth-order valence-electron chi connectivity index (χ4n) is 4.27. The number of fused-ring (bicyclic) bond motifs is 1. The Hall–Kier alpha value is -3.44. The lowest BCUT2D eigenvalue weighted by Gasteiger charge is -2.34. The molecule has 1 saturated carbocycles. The zero-order chi connectivity index (χ0) is 24.9. The van der Waals surface area contributed by atoms with Crippen LogP contribution in [0, 0.1) is 0 Å². The van der Waals surface area contributed by atoms with Crippen LogP contribution in [0.15, 0.2) is 35.4 Å². The molecule has 1 amide bonds. The van der Waals surface area contributed by atoms with Gasteiger partial charge >= 0.3 is 0 Å². The molecule has 0 aliphatic heterocycles. The van der Waals surface area contributed by atoms with Crippen LogP contribution in [0.25, 0.3) is 5.65 Å². The number of amides is 1. The molecule has 3 aromatic heterocycles. The summed E-state index contributed by atoms with van der Waals surface area (Å²) in [6.07, 6.45) is 6.59. The maximum Gasteiger partial charge on any atom is 0.274 e. The Kier molecular flexibility index (Phi) is 7.67. The normalized spacial score (nSPS) is 18.2. The van der Waals surface area contributed by atoms with E-state index in [1.54, 1.807) is 47.6 Å². The average molecular weight is 484 g/mol. The third kappa shape index (κ3) is 5.15. The maximum atomic E-state index is 13.1. The maximum absolute atomic E-state index is 13.1. The number of ether oxygens (including phenoxy) is 1. The zero-order valence-corrected chi connectivity index (χ0v) is 20.3. The largest absolute Gasteiger partial charge is 0.391 e. The van der Waals surface area contributed by atoms with Gasteiger partial charge in [0.1, 0.15) is 22.9 Å². The van der Waals surface area contributed by atoms with Crippen molar-refractivity contribution in [2.24, 2.45) is 0 Å². The lowest BCUT2D eigenvalue weighted by Crippen LogP contribution is -2.39. The van der Waals surface area contributed by atoms with E-state index in [2.05, 4.69) is 26.0 Å². The lowest BCUT2D eigenvalue weighted by atomic mass is 9.89.